The molecule has 2 rings (SSSR count). The number of para-hydroxylation sites is 1. The molecule has 4 nitrogen and oxygen atoms in total. The van der Waals surface area contributed by atoms with Gasteiger partial charge in [0.2, 0.25) is 5.91 Å². The lowest BCUT2D eigenvalue weighted by molar-refractivity contribution is -0.116. The third kappa shape index (κ3) is 3.48. The molecule has 0 fully saturated rings. The molecule has 0 heterocycles. The van der Waals surface area contributed by atoms with Gasteiger partial charge in [0.25, 0.3) is 0 Å². The summed E-state index contributed by atoms with van der Waals surface area (Å²) in [7, 11) is 0. The monoisotopic (exact) mass is 283 g/mol. The van der Waals surface area contributed by atoms with Gasteiger partial charge >= 0.3 is 5.97 Å². The first-order valence-electron chi connectivity index (χ1n) is 6.65. The highest BCUT2D eigenvalue weighted by Gasteiger charge is 2.14. The number of carbonyl (C=O) groups is 2. The van der Waals surface area contributed by atoms with Gasteiger partial charge in [0.15, 0.2) is 0 Å². The number of aryl methyl sites for hydroxylation is 1. The van der Waals surface area contributed by atoms with Crippen LogP contribution in [0.5, 0.6) is 0 Å². The average molecular weight is 283 g/mol. The Morgan fingerprint density at radius 1 is 1.05 bits per heavy atom. The topological polar surface area (TPSA) is 57.6 Å². The number of rotatable bonds is 4. The lowest BCUT2D eigenvalue weighted by Gasteiger charge is -2.23. The Hall–Kier alpha value is -2.62. The van der Waals surface area contributed by atoms with Crippen LogP contribution in [0.1, 0.15) is 28.4 Å². The van der Waals surface area contributed by atoms with Gasteiger partial charge in [0, 0.05) is 12.6 Å². The van der Waals surface area contributed by atoms with Gasteiger partial charge < -0.3 is 10.0 Å². The number of carbonyl (C=O) groups excluding carboxylic acids is 1. The lowest BCUT2D eigenvalue weighted by atomic mass is 10.1. The van der Waals surface area contributed by atoms with Crippen molar-refractivity contribution in [2.75, 3.05) is 4.90 Å². The van der Waals surface area contributed by atoms with Crippen molar-refractivity contribution in [2.24, 2.45) is 0 Å². The number of hydrogen-bond donors (Lipinski definition) is 1. The zero-order valence-corrected chi connectivity index (χ0v) is 12.0. The third-order valence-corrected chi connectivity index (χ3v) is 3.33. The quantitative estimate of drug-likeness (QED) is 0.937. The van der Waals surface area contributed by atoms with Crippen molar-refractivity contribution in [3.8, 4) is 0 Å². The van der Waals surface area contributed by atoms with E-state index in [9.17, 15) is 9.59 Å². The molecule has 2 aromatic rings. The van der Waals surface area contributed by atoms with Gasteiger partial charge in [0.1, 0.15) is 0 Å². The van der Waals surface area contributed by atoms with Gasteiger partial charge in [-0.3, -0.25) is 4.79 Å². The Morgan fingerprint density at radius 2 is 1.67 bits per heavy atom. The lowest BCUT2D eigenvalue weighted by Crippen LogP contribution is -2.28. The maximum atomic E-state index is 11.9. The van der Waals surface area contributed by atoms with Crippen LogP contribution in [0.2, 0.25) is 0 Å². The zero-order chi connectivity index (χ0) is 15.4. The number of hydrogen-bond acceptors (Lipinski definition) is 2. The van der Waals surface area contributed by atoms with E-state index in [0.717, 1.165) is 16.8 Å². The summed E-state index contributed by atoms with van der Waals surface area (Å²) in [4.78, 5) is 24.4. The molecule has 0 atom stereocenters. The van der Waals surface area contributed by atoms with Crippen LogP contribution in [0.15, 0.2) is 48.5 Å². The van der Waals surface area contributed by atoms with Crippen molar-refractivity contribution in [1.82, 2.24) is 0 Å². The SMILES string of the molecule is CC(=O)N(Cc1ccc(C(=O)O)cc1)c1ccccc1C. The minimum Gasteiger partial charge on any atom is -0.478 e. The van der Waals surface area contributed by atoms with Crippen molar-refractivity contribution in [3.05, 3.63) is 65.2 Å². The summed E-state index contributed by atoms with van der Waals surface area (Å²) in [6.45, 7) is 3.90. The Kier molecular flexibility index (Phi) is 4.38. The summed E-state index contributed by atoms with van der Waals surface area (Å²) in [5.41, 5.74) is 3.02. The molecule has 108 valence electrons. The van der Waals surface area contributed by atoms with Crippen LogP contribution in [0, 0.1) is 6.92 Å². The molecule has 0 aromatic heterocycles. The van der Waals surface area contributed by atoms with E-state index in [1.165, 1.54) is 6.92 Å². The molecule has 1 N–H and O–H groups in total. The summed E-state index contributed by atoms with van der Waals surface area (Å²) in [6, 6.07) is 14.3. The summed E-state index contributed by atoms with van der Waals surface area (Å²) in [5, 5.41) is 8.90. The van der Waals surface area contributed by atoms with Gasteiger partial charge in [-0.15, -0.1) is 0 Å². The van der Waals surface area contributed by atoms with Crippen molar-refractivity contribution >= 4 is 17.6 Å². The van der Waals surface area contributed by atoms with Crippen molar-refractivity contribution in [1.29, 1.82) is 0 Å². The summed E-state index contributed by atoms with van der Waals surface area (Å²) in [6.07, 6.45) is 0. The molecular formula is C17H17NO3. The molecule has 1 amide bonds. The molecule has 2 aromatic carbocycles. The predicted octanol–water partition coefficient (Wildman–Crippen LogP) is 3.25. The van der Waals surface area contributed by atoms with Crippen molar-refractivity contribution in [2.45, 2.75) is 20.4 Å². The minimum absolute atomic E-state index is 0.0494. The normalized spacial score (nSPS) is 10.2. The molecule has 0 saturated heterocycles. The fraction of sp³-hybridized carbons (Fsp3) is 0.176. The highest BCUT2D eigenvalue weighted by Crippen LogP contribution is 2.22. The number of carboxylic acids is 1. The molecule has 4 heteroatoms. The maximum Gasteiger partial charge on any atom is 0.335 e. The van der Waals surface area contributed by atoms with Crippen LogP contribution in [-0.2, 0) is 11.3 Å². The standard InChI is InChI=1S/C17H17NO3/c1-12-5-3-4-6-16(12)18(13(2)19)11-14-7-9-15(10-8-14)17(20)21/h3-10H,11H2,1-2H3,(H,20,21). The molecule has 0 saturated carbocycles. The van der Waals surface area contributed by atoms with Crippen molar-refractivity contribution < 1.29 is 14.7 Å². The van der Waals surface area contributed by atoms with Crippen LogP contribution in [0.25, 0.3) is 0 Å². The first kappa shape index (κ1) is 14.8. The second kappa shape index (κ2) is 6.22. The van der Waals surface area contributed by atoms with Crippen LogP contribution >= 0.6 is 0 Å². The molecular weight excluding hydrogens is 266 g/mol. The first-order chi connectivity index (χ1) is 9.99. The molecule has 0 bridgehead atoms. The molecule has 0 unspecified atom stereocenters. The Labute approximate surface area is 123 Å². The summed E-state index contributed by atoms with van der Waals surface area (Å²) < 4.78 is 0. The molecule has 0 aliphatic heterocycles. The van der Waals surface area contributed by atoms with E-state index < -0.39 is 5.97 Å². The Bertz CT molecular complexity index is 662. The number of aromatic carboxylic acids is 1. The number of nitrogens with zero attached hydrogens (tertiary/aromatic N) is 1. The van der Waals surface area contributed by atoms with E-state index >= 15 is 0 Å². The fourth-order valence-corrected chi connectivity index (χ4v) is 2.17. The van der Waals surface area contributed by atoms with Gasteiger partial charge in [-0.25, -0.2) is 4.79 Å². The highest BCUT2D eigenvalue weighted by molar-refractivity contribution is 5.92. The van der Waals surface area contributed by atoms with Crippen LogP contribution < -0.4 is 4.90 Å². The van der Waals surface area contributed by atoms with Gasteiger partial charge in [-0.2, -0.15) is 0 Å². The van der Waals surface area contributed by atoms with E-state index in [0.29, 0.717) is 6.54 Å². The van der Waals surface area contributed by atoms with E-state index in [4.69, 9.17) is 5.11 Å². The predicted molar refractivity (Wildman–Crippen MR) is 81.4 cm³/mol. The molecule has 0 aliphatic rings. The van der Waals surface area contributed by atoms with Crippen LogP contribution in [0.4, 0.5) is 5.69 Å². The fourth-order valence-electron chi connectivity index (χ4n) is 2.17. The summed E-state index contributed by atoms with van der Waals surface area (Å²) >= 11 is 0. The Morgan fingerprint density at radius 3 is 2.19 bits per heavy atom. The first-order valence-corrected chi connectivity index (χ1v) is 6.65. The van der Waals surface area contributed by atoms with E-state index in [1.54, 1.807) is 29.2 Å². The Balaban J connectivity index is 2.27. The van der Waals surface area contributed by atoms with E-state index in [2.05, 4.69) is 0 Å². The van der Waals surface area contributed by atoms with E-state index in [-0.39, 0.29) is 11.5 Å². The summed E-state index contributed by atoms with van der Waals surface area (Å²) in [5.74, 6) is -1.00. The molecule has 0 radical (unpaired) electrons. The number of benzene rings is 2. The van der Waals surface area contributed by atoms with Crippen LogP contribution in [0.3, 0.4) is 0 Å². The van der Waals surface area contributed by atoms with Gasteiger partial charge in [-0.05, 0) is 36.2 Å². The number of anilines is 1. The van der Waals surface area contributed by atoms with Crippen LogP contribution in [-0.4, -0.2) is 17.0 Å². The number of carboxylic acid groups (broad SMARTS) is 1. The number of amides is 1. The minimum atomic E-state index is -0.955. The smallest absolute Gasteiger partial charge is 0.335 e. The maximum absolute atomic E-state index is 11.9. The van der Waals surface area contributed by atoms with Crippen molar-refractivity contribution in [3.63, 3.8) is 0 Å². The van der Waals surface area contributed by atoms with Gasteiger partial charge in [-0.1, -0.05) is 30.3 Å². The largest absolute Gasteiger partial charge is 0.478 e. The molecule has 21 heavy (non-hydrogen) atoms. The molecule has 0 spiro atoms. The highest BCUT2D eigenvalue weighted by atomic mass is 16.4. The van der Waals surface area contributed by atoms with E-state index in [1.807, 2.05) is 31.2 Å². The van der Waals surface area contributed by atoms with Gasteiger partial charge in [0.05, 0.1) is 12.1 Å². The second-order valence-corrected chi connectivity index (χ2v) is 4.89. The third-order valence-electron chi connectivity index (χ3n) is 3.33. The zero-order valence-electron chi connectivity index (χ0n) is 12.0. The molecule has 0 aliphatic carbocycles. The second-order valence-electron chi connectivity index (χ2n) is 4.89. The average Bonchev–Trinajstić information content (AvgIpc) is 2.46.